The molecule has 2 rings (SSSR count). The van der Waals surface area contributed by atoms with Crippen LogP contribution in [0, 0.1) is 12.3 Å². The van der Waals surface area contributed by atoms with Gasteiger partial charge in [-0.1, -0.05) is 18.2 Å². The average Bonchev–Trinajstić information content (AvgIpc) is 2.59. The quantitative estimate of drug-likeness (QED) is 0.599. The summed E-state index contributed by atoms with van der Waals surface area (Å²) in [7, 11) is 0. The number of carbonyl (C=O) groups is 1. The molecule has 0 heterocycles. The van der Waals surface area contributed by atoms with Crippen LogP contribution in [-0.2, 0) is 22.6 Å². The van der Waals surface area contributed by atoms with E-state index in [0.717, 1.165) is 29.8 Å². The van der Waals surface area contributed by atoms with Gasteiger partial charge < -0.3 is 14.8 Å². The van der Waals surface area contributed by atoms with Crippen molar-refractivity contribution in [2.24, 2.45) is 5.41 Å². The van der Waals surface area contributed by atoms with Crippen molar-refractivity contribution in [3.05, 3.63) is 59.2 Å². The highest BCUT2D eigenvalue weighted by atomic mass is 16.5. The molecule has 158 valence electrons. The van der Waals surface area contributed by atoms with Crippen LogP contribution in [0.4, 0.5) is 0 Å². The van der Waals surface area contributed by atoms with Crippen molar-refractivity contribution in [2.75, 3.05) is 6.54 Å². The van der Waals surface area contributed by atoms with Gasteiger partial charge in [0.25, 0.3) is 0 Å². The largest absolute Gasteiger partial charge is 0.460 e. The van der Waals surface area contributed by atoms with E-state index >= 15 is 0 Å². The predicted octanol–water partition coefficient (Wildman–Crippen LogP) is 5.81. The molecule has 29 heavy (non-hydrogen) atoms. The summed E-state index contributed by atoms with van der Waals surface area (Å²) in [6.07, 6.45) is 0.891. The molecule has 0 atom stereocenters. The molecule has 4 heteroatoms. The summed E-state index contributed by atoms with van der Waals surface area (Å²) in [5.41, 5.74) is 2.73. The maximum Gasteiger partial charge on any atom is 0.311 e. The maximum atomic E-state index is 12.2. The molecule has 0 aliphatic heterocycles. The minimum atomic E-state index is -0.536. The zero-order valence-corrected chi connectivity index (χ0v) is 18.9. The Morgan fingerprint density at radius 1 is 1.00 bits per heavy atom. The highest BCUT2D eigenvalue weighted by molar-refractivity contribution is 5.75. The second-order valence-corrected chi connectivity index (χ2v) is 9.61. The van der Waals surface area contributed by atoms with Gasteiger partial charge in [0.05, 0.1) is 5.41 Å². The molecule has 0 fully saturated rings. The van der Waals surface area contributed by atoms with Crippen LogP contribution in [0.2, 0.25) is 0 Å². The average molecular weight is 398 g/mol. The Labute approximate surface area is 175 Å². The first kappa shape index (κ1) is 23.0. The van der Waals surface area contributed by atoms with Crippen LogP contribution in [0.5, 0.6) is 11.5 Å². The van der Waals surface area contributed by atoms with E-state index in [0.29, 0.717) is 5.75 Å². The lowest BCUT2D eigenvalue weighted by Crippen LogP contribution is -2.37. The summed E-state index contributed by atoms with van der Waals surface area (Å²) < 4.78 is 11.7. The fourth-order valence-corrected chi connectivity index (χ4v) is 2.75. The minimum absolute atomic E-state index is 0.0826. The third-order valence-electron chi connectivity index (χ3n) is 4.38. The van der Waals surface area contributed by atoms with Crippen molar-refractivity contribution in [3.8, 4) is 11.5 Å². The van der Waals surface area contributed by atoms with Gasteiger partial charge in [-0.25, -0.2) is 0 Å². The van der Waals surface area contributed by atoms with E-state index in [1.54, 1.807) is 0 Å². The molecule has 2 aromatic rings. The molecule has 0 aliphatic rings. The van der Waals surface area contributed by atoms with Gasteiger partial charge in [0.1, 0.15) is 18.1 Å². The Balaban J connectivity index is 2.20. The van der Waals surface area contributed by atoms with E-state index in [1.807, 2.05) is 58.0 Å². The van der Waals surface area contributed by atoms with Gasteiger partial charge >= 0.3 is 5.97 Å². The second-order valence-electron chi connectivity index (χ2n) is 9.61. The standard InChI is InChI=1S/C25H35NO3/c1-18-9-8-10-21(15-18)29-22-12-11-19(13-14-26-25(5,6)7)16-20(22)17-28-23(27)24(2,3)4/h8-12,15-16,26H,13-14,17H2,1-7H3. The summed E-state index contributed by atoms with van der Waals surface area (Å²) in [6, 6.07) is 14.0. The normalized spacial score (nSPS) is 12.0. The lowest BCUT2D eigenvalue weighted by molar-refractivity contribution is -0.154. The van der Waals surface area contributed by atoms with Crippen molar-refractivity contribution in [1.29, 1.82) is 0 Å². The van der Waals surface area contributed by atoms with Gasteiger partial charge in [-0.05, 0) is 96.8 Å². The molecule has 1 N–H and O–H groups in total. The number of esters is 1. The van der Waals surface area contributed by atoms with E-state index in [2.05, 4.69) is 38.2 Å². The summed E-state index contributed by atoms with van der Waals surface area (Å²) in [6.45, 7) is 15.1. The Bertz CT molecular complexity index is 829. The smallest absolute Gasteiger partial charge is 0.311 e. The maximum absolute atomic E-state index is 12.2. The predicted molar refractivity (Wildman–Crippen MR) is 118 cm³/mol. The van der Waals surface area contributed by atoms with Crippen molar-refractivity contribution >= 4 is 5.97 Å². The molecule has 4 nitrogen and oxygen atoms in total. The van der Waals surface area contributed by atoms with Crippen LogP contribution in [0.25, 0.3) is 0 Å². The molecule has 0 bridgehead atoms. The highest BCUT2D eigenvalue weighted by Gasteiger charge is 2.23. The molecule has 0 aliphatic carbocycles. The van der Waals surface area contributed by atoms with E-state index in [-0.39, 0.29) is 18.1 Å². The van der Waals surface area contributed by atoms with Gasteiger partial charge in [0.2, 0.25) is 0 Å². The van der Waals surface area contributed by atoms with Crippen molar-refractivity contribution in [2.45, 2.75) is 67.0 Å². The van der Waals surface area contributed by atoms with Gasteiger partial charge in [-0.15, -0.1) is 0 Å². The highest BCUT2D eigenvalue weighted by Crippen LogP contribution is 2.28. The number of rotatable bonds is 7. The van der Waals surface area contributed by atoms with Gasteiger partial charge in [0, 0.05) is 11.1 Å². The van der Waals surface area contributed by atoms with E-state index in [4.69, 9.17) is 9.47 Å². The third-order valence-corrected chi connectivity index (χ3v) is 4.38. The first-order valence-corrected chi connectivity index (χ1v) is 10.2. The number of aryl methyl sites for hydroxylation is 1. The zero-order valence-electron chi connectivity index (χ0n) is 18.9. The van der Waals surface area contributed by atoms with Crippen LogP contribution in [-0.4, -0.2) is 18.1 Å². The van der Waals surface area contributed by atoms with Crippen molar-refractivity contribution in [3.63, 3.8) is 0 Å². The molecular weight excluding hydrogens is 362 g/mol. The molecule has 0 radical (unpaired) electrons. The van der Waals surface area contributed by atoms with Crippen LogP contribution in [0.15, 0.2) is 42.5 Å². The minimum Gasteiger partial charge on any atom is -0.460 e. The van der Waals surface area contributed by atoms with Gasteiger partial charge in [0.15, 0.2) is 0 Å². The van der Waals surface area contributed by atoms with Gasteiger partial charge in [-0.2, -0.15) is 0 Å². The zero-order chi connectivity index (χ0) is 21.7. The molecule has 0 aromatic heterocycles. The lowest BCUT2D eigenvalue weighted by atomic mass is 9.97. The van der Waals surface area contributed by atoms with Crippen molar-refractivity contribution in [1.82, 2.24) is 5.32 Å². The number of hydrogen-bond donors (Lipinski definition) is 1. The fourth-order valence-electron chi connectivity index (χ4n) is 2.75. The second kappa shape index (κ2) is 9.45. The lowest BCUT2D eigenvalue weighted by Gasteiger charge is -2.21. The summed E-state index contributed by atoms with van der Waals surface area (Å²) in [4.78, 5) is 12.2. The number of ether oxygens (including phenoxy) is 2. The summed E-state index contributed by atoms with van der Waals surface area (Å²) >= 11 is 0. The summed E-state index contributed by atoms with van der Waals surface area (Å²) in [5, 5.41) is 3.50. The Kier molecular flexibility index (Phi) is 7.48. The number of hydrogen-bond acceptors (Lipinski definition) is 4. The number of nitrogens with one attached hydrogen (secondary N) is 1. The van der Waals surface area contributed by atoms with E-state index < -0.39 is 5.41 Å². The van der Waals surface area contributed by atoms with Crippen molar-refractivity contribution < 1.29 is 14.3 Å². The monoisotopic (exact) mass is 397 g/mol. The van der Waals surface area contributed by atoms with Crippen LogP contribution in [0.3, 0.4) is 0 Å². The first-order chi connectivity index (χ1) is 13.4. The molecule has 0 amide bonds. The number of carbonyl (C=O) groups excluding carboxylic acids is 1. The van der Waals surface area contributed by atoms with Gasteiger partial charge in [-0.3, -0.25) is 4.79 Å². The third kappa shape index (κ3) is 7.90. The SMILES string of the molecule is Cc1cccc(Oc2ccc(CCNC(C)(C)C)cc2COC(=O)C(C)(C)C)c1. The molecule has 0 saturated heterocycles. The van der Waals surface area contributed by atoms with E-state index in [1.165, 1.54) is 5.56 Å². The molecule has 2 aromatic carbocycles. The Hall–Kier alpha value is -2.33. The first-order valence-electron chi connectivity index (χ1n) is 10.2. The molecule has 0 unspecified atom stereocenters. The van der Waals surface area contributed by atoms with E-state index in [9.17, 15) is 4.79 Å². The molecule has 0 spiro atoms. The summed E-state index contributed by atoms with van der Waals surface area (Å²) in [5.74, 6) is 1.26. The molecular formula is C25H35NO3. The van der Waals surface area contributed by atoms with Crippen LogP contribution in [0.1, 0.15) is 58.2 Å². The van der Waals surface area contributed by atoms with Crippen LogP contribution < -0.4 is 10.1 Å². The van der Waals surface area contributed by atoms with Crippen LogP contribution >= 0.6 is 0 Å². The number of benzene rings is 2. The fraction of sp³-hybridized carbons (Fsp3) is 0.480. The molecule has 0 saturated carbocycles. The Morgan fingerprint density at radius 3 is 2.34 bits per heavy atom. The topological polar surface area (TPSA) is 47.6 Å². The Morgan fingerprint density at radius 2 is 1.72 bits per heavy atom.